The minimum absolute atomic E-state index is 0.115. The van der Waals surface area contributed by atoms with Crippen LogP contribution in [0.1, 0.15) is 82.6 Å². The molecule has 39 heavy (non-hydrogen) atoms. The lowest BCUT2D eigenvalue weighted by molar-refractivity contribution is -0.124. The number of amides is 1. The molecule has 3 saturated heterocycles. The van der Waals surface area contributed by atoms with Crippen LogP contribution < -0.4 is 16.0 Å². The van der Waals surface area contributed by atoms with E-state index >= 15 is 0 Å². The van der Waals surface area contributed by atoms with Gasteiger partial charge in [0.25, 0.3) is 0 Å². The van der Waals surface area contributed by atoms with Crippen molar-refractivity contribution >= 4 is 22.6 Å². The van der Waals surface area contributed by atoms with Gasteiger partial charge in [-0.15, -0.1) is 0 Å². The lowest BCUT2D eigenvalue weighted by Crippen LogP contribution is -2.61. The van der Waals surface area contributed by atoms with Crippen molar-refractivity contribution in [1.82, 2.24) is 20.9 Å². The fourth-order valence-corrected chi connectivity index (χ4v) is 7.34. The zero-order valence-electron chi connectivity index (χ0n) is 23.5. The van der Waals surface area contributed by atoms with Gasteiger partial charge in [0.15, 0.2) is 5.96 Å². The van der Waals surface area contributed by atoms with Gasteiger partial charge in [-0.3, -0.25) is 4.79 Å². The molecule has 2 aromatic rings. The number of fused-ring (bicyclic) bond motifs is 4. The van der Waals surface area contributed by atoms with Gasteiger partial charge >= 0.3 is 0 Å². The summed E-state index contributed by atoms with van der Waals surface area (Å²) >= 11 is 0. The number of piperidine rings is 3. The van der Waals surface area contributed by atoms with Crippen LogP contribution in [-0.4, -0.2) is 60.6 Å². The average Bonchev–Trinajstić information content (AvgIpc) is 2.98. The Hall–Kier alpha value is -2.60. The molecule has 210 valence electrons. The van der Waals surface area contributed by atoms with Gasteiger partial charge in [-0.1, -0.05) is 81.0 Å². The lowest BCUT2D eigenvalue weighted by atomic mass is 9.84. The van der Waals surface area contributed by atoms with Crippen LogP contribution in [0, 0.1) is 5.92 Å². The number of nitrogens with one attached hydrogen (secondary N) is 3. The molecule has 6 heteroatoms. The molecular formula is C33H47N5O. The molecule has 1 unspecified atom stereocenters. The molecule has 3 N–H and O–H groups in total. The standard InChI is InChI=1S/C33H47N5O/c39-32(36-31-23-38-19-17-26(31)18-20-38)30(22-24-15-16-25-9-7-8-10-27(25)21-24)37-33(34-28-11-3-1-4-12-28)35-29-13-5-2-6-14-29/h7-10,15-16,21,26,28-31H,1-6,11-14,17-20,22-23H2,(H,36,39)(H2,34,35,37)/t30-,31?/m0/s1. The zero-order chi connectivity index (χ0) is 26.4. The molecule has 2 aromatic carbocycles. The number of carbonyl (C=O) groups is 1. The summed E-state index contributed by atoms with van der Waals surface area (Å²) in [4.78, 5) is 21.7. The summed E-state index contributed by atoms with van der Waals surface area (Å²) in [5.74, 6) is 1.57. The normalized spacial score (nSPS) is 27.3. The summed E-state index contributed by atoms with van der Waals surface area (Å²) in [5, 5.41) is 13.4. The van der Waals surface area contributed by atoms with E-state index in [0.717, 1.165) is 25.3 Å². The Bertz CT molecular complexity index is 1130. The van der Waals surface area contributed by atoms with Gasteiger partial charge in [0.1, 0.15) is 6.04 Å². The molecule has 5 aliphatic rings. The Morgan fingerprint density at radius 3 is 2.28 bits per heavy atom. The minimum atomic E-state index is -0.361. The molecule has 0 radical (unpaired) electrons. The maximum absolute atomic E-state index is 14.0. The van der Waals surface area contributed by atoms with Crippen molar-refractivity contribution in [2.24, 2.45) is 10.9 Å². The third-order valence-electron chi connectivity index (χ3n) is 9.70. The summed E-state index contributed by atoms with van der Waals surface area (Å²) in [6.07, 6.45) is 15.4. The Morgan fingerprint density at radius 1 is 0.846 bits per heavy atom. The second kappa shape index (κ2) is 12.7. The fourth-order valence-electron chi connectivity index (χ4n) is 7.34. The molecule has 2 atom stereocenters. The smallest absolute Gasteiger partial charge is 0.243 e. The van der Waals surface area contributed by atoms with Gasteiger partial charge in [-0.25, -0.2) is 4.99 Å². The Kier molecular flexibility index (Phi) is 8.68. The van der Waals surface area contributed by atoms with E-state index in [1.54, 1.807) is 0 Å². The average molecular weight is 530 g/mol. The van der Waals surface area contributed by atoms with Crippen molar-refractivity contribution in [2.45, 2.75) is 108 Å². The third-order valence-corrected chi connectivity index (χ3v) is 9.70. The highest BCUT2D eigenvalue weighted by molar-refractivity contribution is 5.90. The number of rotatable bonds is 7. The van der Waals surface area contributed by atoms with Crippen molar-refractivity contribution in [3.05, 3.63) is 48.0 Å². The van der Waals surface area contributed by atoms with Gasteiger partial charge in [-0.05, 0) is 73.9 Å². The Balaban J connectivity index is 1.24. The molecule has 1 amide bonds. The molecular weight excluding hydrogens is 482 g/mol. The van der Waals surface area contributed by atoms with Gasteiger partial charge in [-0.2, -0.15) is 0 Å². The van der Waals surface area contributed by atoms with Gasteiger partial charge in [0.2, 0.25) is 5.91 Å². The van der Waals surface area contributed by atoms with Crippen LogP contribution >= 0.6 is 0 Å². The van der Waals surface area contributed by atoms with E-state index in [-0.39, 0.29) is 18.0 Å². The number of hydrogen-bond donors (Lipinski definition) is 3. The third kappa shape index (κ3) is 6.95. The van der Waals surface area contributed by atoms with Crippen molar-refractivity contribution in [1.29, 1.82) is 0 Å². The molecule has 2 saturated carbocycles. The maximum atomic E-state index is 14.0. The monoisotopic (exact) mass is 529 g/mol. The molecule has 0 aromatic heterocycles. The van der Waals surface area contributed by atoms with Crippen LogP contribution in [0.2, 0.25) is 0 Å². The molecule has 3 aliphatic heterocycles. The first-order valence-corrected chi connectivity index (χ1v) is 15.8. The summed E-state index contributed by atoms with van der Waals surface area (Å²) in [7, 11) is 0. The van der Waals surface area contributed by atoms with Crippen LogP contribution in [0.4, 0.5) is 0 Å². The van der Waals surface area contributed by atoms with E-state index in [4.69, 9.17) is 4.99 Å². The molecule has 0 spiro atoms. The molecule has 5 fully saturated rings. The van der Waals surface area contributed by atoms with Crippen molar-refractivity contribution in [3.8, 4) is 0 Å². The second-order valence-corrected chi connectivity index (χ2v) is 12.6. The van der Waals surface area contributed by atoms with Gasteiger partial charge in [0, 0.05) is 25.0 Å². The predicted molar refractivity (Wildman–Crippen MR) is 160 cm³/mol. The predicted octanol–water partition coefficient (Wildman–Crippen LogP) is 5.16. The highest BCUT2D eigenvalue weighted by Gasteiger charge is 2.36. The van der Waals surface area contributed by atoms with Crippen LogP contribution in [-0.2, 0) is 11.2 Å². The largest absolute Gasteiger partial charge is 0.354 e. The first-order valence-electron chi connectivity index (χ1n) is 15.8. The summed E-state index contributed by atoms with van der Waals surface area (Å²) in [5.41, 5.74) is 1.19. The van der Waals surface area contributed by atoms with E-state index in [2.05, 4.69) is 63.3 Å². The zero-order valence-corrected chi connectivity index (χ0v) is 23.5. The van der Waals surface area contributed by atoms with E-state index in [1.807, 2.05) is 0 Å². The SMILES string of the molecule is O=C(NC1CN2CCC1CC2)[C@H](Cc1ccc2ccccc2c1)NC(=NC1CCCCC1)NC1CCCCC1. The molecule has 6 nitrogen and oxygen atoms in total. The quantitative estimate of drug-likeness (QED) is 0.342. The van der Waals surface area contributed by atoms with Crippen LogP contribution in [0.15, 0.2) is 47.5 Å². The van der Waals surface area contributed by atoms with E-state index < -0.39 is 0 Å². The van der Waals surface area contributed by atoms with Crippen molar-refractivity contribution in [2.75, 3.05) is 19.6 Å². The Labute approximate surface area is 234 Å². The fraction of sp³-hybridized carbons (Fsp3) is 0.636. The highest BCUT2D eigenvalue weighted by Crippen LogP contribution is 2.28. The number of guanidine groups is 1. The second-order valence-electron chi connectivity index (χ2n) is 12.6. The molecule has 2 bridgehead atoms. The first kappa shape index (κ1) is 26.6. The van der Waals surface area contributed by atoms with E-state index in [9.17, 15) is 4.79 Å². The van der Waals surface area contributed by atoms with E-state index in [1.165, 1.54) is 93.6 Å². The number of hydrogen-bond acceptors (Lipinski definition) is 3. The summed E-state index contributed by atoms with van der Waals surface area (Å²) < 4.78 is 0. The van der Waals surface area contributed by atoms with Gasteiger partial charge in [0.05, 0.1) is 6.04 Å². The van der Waals surface area contributed by atoms with E-state index in [0.29, 0.717) is 24.4 Å². The first-order chi connectivity index (χ1) is 19.2. The minimum Gasteiger partial charge on any atom is -0.354 e. The lowest BCUT2D eigenvalue weighted by Gasteiger charge is -2.45. The van der Waals surface area contributed by atoms with Crippen molar-refractivity contribution in [3.63, 3.8) is 0 Å². The van der Waals surface area contributed by atoms with Crippen molar-refractivity contribution < 1.29 is 4.79 Å². The molecule has 2 aliphatic carbocycles. The number of nitrogens with zero attached hydrogens (tertiary/aromatic N) is 2. The number of aliphatic imine (C=N–C) groups is 1. The molecule has 3 heterocycles. The van der Waals surface area contributed by atoms with Gasteiger partial charge < -0.3 is 20.9 Å². The maximum Gasteiger partial charge on any atom is 0.243 e. The summed E-state index contributed by atoms with van der Waals surface area (Å²) in [6.45, 7) is 3.35. The number of benzene rings is 2. The van der Waals surface area contributed by atoms with Crippen LogP contribution in [0.5, 0.6) is 0 Å². The topological polar surface area (TPSA) is 68.8 Å². The summed E-state index contributed by atoms with van der Waals surface area (Å²) in [6, 6.07) is 15.8. The highest BCUT2D eigenvalue weighted by atomic mass is 16.2. The molecule has 7 rings (SSSR count). The van der Waals surface area contributed by atoms with Crippen LogP contribution in [0.3, 0.4) is 0 Å². The Morgan fingerprint density at radius 2 is 1.56 bits per heavy atom. The van der Waals surface area contributed by atoms with Crippen LogP contribution in [0.25, 0.3) is 10.8 Å². The number of carbonyl (C=O) groups excluding carboxylic acids is 1.